The first-order valence-electron chi connectivity index (χ1n) is 5.26. The van der Waals surface area contributed by atoms with Crippen molar-refractivity contribution < 1.29 is 4.79 Å². The summed E-state index contributed by atoms with van der Waals surface area (Å²) in [6.45, 7) is 1.70. The molecule has 0 bridgehead atoms. The fourth-order valence-electron chi connectivity index (χ4n) is 1.68. The van der Waals surface area contributed by atoms with Gasteiger partial charge in [0.05, 0.1) is 5.92 Å². The third kappa shape index (κ3) is 2.90. The van der Waals surface area contributed by atoms with Gasteiger partial charge in [0.25, 0.3) is 0 Å². The first-order valence-corrected chi connectivity index (χ1v) is 5.63. The van der Waals surface area contributed by atoms with Gasteiger partial charge in [0.1, 0.15) is 5.15 Å². The summed E-state index contributed by atoms with van der Waals surface area (Å²) in [4.78, 5) is 19.6. The molecule has 16 heavy (non-hydrogen) atoms. The molecule has 2 N–H and O–H groups in total. The number of halogens is 1. The molecule has 86 valence electrons. The molecule has 1 aliphatic heterocycles. The summed E-state index contributed by atoms with van der Waals surface area (Å²) < 4.78 is 0. The minimum Gasteiger partial charge on any atom is -0.316 e. The highest BCUT2D eigenvalue weighted by Crippen LogP contribution is 2.12. The average molecular weight is 241 g/mol. The van der Waals surface area contributed by atoms with Gasteiger partial charge < -0.3 is 5.32 Å². The van der Waals surface area contributed by atoms with Crippen LogP contribution < -0.4 is 10.6 Å². The maximum atomic E-state index is 11.8. The van der Waals surface area contributed by atoms with Crippen LogP contribution in [0.4, 0.5) is 5.95 Å². The maximum Gasteiger partial charge on any atom is 0.231 e. The third-order valence-corrected chi connectivity index (χ3v) is 2.73. The molecule has 1 saturated heterocycles. The molecule has 0 spiro atoms. The Morgan fingerprint density at radius 3 is 3.19 bits per heavy atom. The van der Waals surface area contributed by atoms with E-state index in [0.29, 0.717) is 11.7 Å². The van der Waals surface area contributed by atoms with Crippen LogP contribution >= 0.6 is 11.6 Å². The number of hydrogen-bond acceptors (Lipinski definition) is 4. The van der Waals surface area contributed by atoms with Crippen LogP contribution in [0.3, 0.4) is 0 Å². The molecule has 2 heterocycles. The van der Waals surface area contributed by atoms with Crippen LogP contribution in [0.1, 0.15) is 12.8 Å². The van der Waals surface area contributed by atoms with E-state index in [1.165, 1.54) is 6.20 Å². The second-order valence-electron chi connectivity index (χ2n) is 3.74. The smallest absolute Gasteiger partial charge is 0.231 e. The van der Waals surface area contributed by atoms with Crippen molar-refractivity contribution in [2.24, 2.45) is 5.92 Å². The van der Waals surface area contributed by atoms with E-state index in [4.69, 9.17) is 11.6 Å². The molecular weight excluding hydrogens is 228 g/mol. The van der Waals surface area contributed by atoms with Gasteiger partial charge in [0.2, 0.25) is 11.9 Å². The molecule has 0 saturated carbocycles. The Balaban J connectivity index is 1.96. The standard InChI is InChI=1S/C10H13ClN4O/c11-8-3-5-13-10(14-8)15-9(16)7-2-1-4-12-6-7/h3,5,7,12H,1-2,4,6H2,(H,13,14,15,16). The van der Waals surface area contributed by atoms with Gasteiger partial charge in [-0.3, -0.25) is 10.1 Å². The number of aromatic nitrogens is 2. The van der Waals surface area contributed by atoms with Gasteiger partial charge in [-0.05, 0) is 25.5 Å². The van der Waals surface area contributed by atoms with Gasteiger partial charge in [-0.15, -0.1) is 0 Å². The van der Waals surface area contributed by atoms with E-state index in [1.807, 2.05) is 0 Å². The number of nitrogens with one attached hydrogen (secondary N) is 2. The highest BCUT2D eigenvalue weighted by molar-refractivity contribution is 6.29. The van der Waals surface area contributed by atoms with Crippen molar-refractivity contribution in [3.05, 3.63) is 17.4 Å². The lowest BCUT2D eigenvalue weighted by Gasteiger charge is -2.21. The number of rotatable bonds is 2. The zero-order chi connectivity index (χ0) is 11.4. The van der Waals surface area contributed by atoms with Gasteiger partial charge >= 0.3 is 0 Å². The molecule has 5 nitrogen and oxygen atoms in total. The number of nitrogens with zero attached hydrogens (tertiary/aromatic N) is 2. The SMILES string of the molecule is O=C(Nc1nccc(Cl)n1)C1CCCNC1. The zero-order valence-electron chi connectivity index (χ0n) is 8.74. The van der Waals surface area contributed by atoms with E-state index < -0.39 is 0 Å². The Labute approximate surface area is 98.6 Å². The summed E-state index contributed by atoms with van der Waals surface area (Å²) in [5.41, 5.74) is 0. The summed E-state index contributed by atoms with van der Waals surface area (Å²) >= 11 is 5.70. The highest BCUT2D eigenvalue weighted by atomic mass is 35.5. The second kappa shape index (κ2) is 5.23. The third-order valence-electron chi connectivity index (χ3n) is 2.52. The molecule has 1 aromatic rings. The largest absolute Gasteiger partial charge is 0.316 e. The number of hydrogen-bond donors (Lipinski definition) is 2. The van der Waals surface area contributed by atoms with Crippen LogP contribution in [0.2, 0.25) is 5.15 Å². The molecule has 2 rings (SSSR count). The number of carbonyl (C=O) groups excluding carboxylic acids is 1. The summed E-state index contributed by atoms with van der Waals surface area (Å²) in [7, 11) is 0. The van der Waals surface area contributed by atoms with E-state index in [2.05, 4.69) is 20.6 Å². The van der Waals surface area contributed by atoms with Crippen molar-refractivity contribution in [3.8, 4) is 0 Å². The lowest BCUT2D eigenvalue weighted by Crippen LogP contribution is -2.37. The fourth-order valence-corrected chi connectivity index (χ4v) is 1.82. The van der Waals surface area contributed by atoms with Crippen molar-refractivity contribution >= 4 is 23.5 Å². The van der Waals surface area contributed by atoms with Crippen LogP contribution in [0, 0.1) is 5.92 Å². The van der Waals surface area contributed by atoms with Gasteiger partial charge in [0.15, 0.2) is 0 Å². The van der Waals surface area contributed by atoms with Gasteiger partial charge in [-0.1, -0.05) is 11.6 Å². The summed E-state index contributed by atoms with van der Waals surface area (Å²) in [6, 6.07) is 1.57. The Kier molecular flexibility index (Phi) is 3.69. The molecule has 0 aliphatic carbocycles. The van der Waals surface area contributed by atoms with Crippen molar-refractivity contribution in [2.75, 3.05) is 18.4 Å². The zero-order valence-corrected chi connectivity index (χ0v) is 9.50. The van der Waals surface area contributed by atoms with Crippen molar-refractivity contribution in [1.29, 1.82) is 0 Å². The van der Waals surface area contributed by atoms with Gasteiger partial charge in [-0.25, -0.2) is 9.97 Å². The Bertz CT molecular complexity index is 379. The van der Waals surface area contributed by atoms with E-state index >= 15 is 0 Å². The predicted octanol–water partition coefficient (Wildman–Crippen LogP) is 1.07. The first kappa shape index (κ1) is 11.3. The molecule has 1 unspecified atom stereocenters. The van der Waals surface area contributed by atoms with Crippen molar-refractivity contribution in [1.82, 2.24) is 15.3 Å². The number of piperidine rings is 1. The van der Waals surface area contributed by atoms with Gasteiger partial charge in [0, 0.05) is 12.7 Å². The number of carbonyl (C=O) groups is 1. The molecule has 1 amide bonds. The van der Waals surface area contributed by atoms with E-state index in [1.54, 1.807) is 6.07 Å². The number of anilines is 1. The van der Waals surface area contributed by atoms with Crippen LogP contribution in [-0.4, -0.2) is 29.0 Å². The monoisotopic (exact) mass is 240 g/mol. The van der Waals surface area contributed by atoms with Crippen LogP contribution in [0.5, 0.6) is 0 Å². The van der Waals surface area contributed by atoms with Crippen molar-refractivity contribution in [2.45, 2.75) is 12.8 Å². The molecule has 0 radical (unpaired) electrons. The van der Waals surface area contributed by atoms with Crippen LogP contribution in [0.25, 0.3) is 0 Å². The van der Waals surface area contributed by atoms with Crippen molar-refractivity contribution in [3.63, 3.8) is 0 Å². The molecule has 6 heteroatoms. The van der Waals surface area contributed by atoms with E-state index in [9.17, 15) is 4.79 Å². The minimum absolute atomic E-state index is 0.00340. The summed E-state index contributed by atoms with van der Waals surface area (Å²) in [5.74, 6) is 0.217. The fraction of sp³-hybridized carbons (Fsp3) is 0.500. The Morgan fingerprint density at radius 1 is 1.62 bits per heavy atom. The lowest BCUT2D eigenvalue weighted by atomic mass is 9.99. The average Bonchev–Trinajstić information content (AvgIpc) is 2.30. The Morgan fingerprint density at radius 2 is 2.50 bits per heavy atom. The molecule has 1 aliphatic rings. The van der Waals surface area contributed by atoms with Gasteiger partial charge in [-0.2, -0.15) is 0 Å². The summed E-state index contributed by atoms with van der Waals surface area (Å²) in [6.07, 6.45) is 3.44. The minimum atomic E-state index is -0.0468. The summed E-state index contributed by atoms with van der Waals surface area (Å²) in [5, 5.41) is 6.18. The van der Waals surface area contributed by atoms with E-state index in [0.717, 1.165) is 19.4 Å². The topological polar surface area (TPSA) is 66.9 Å². The second-order valence-corrected chi connectivity index (χ2v) is 4.12. The molecule has 1 fully saturated rings. The molecule has 1 aromatic heterocycles. The molecule has 1 atom stereocenters. The predicted molar refractivity (Wildman–Crippen MR) is 61.3 cm³/mol. The van der Waals surface area contributed by atoms with Crippen LogP contribution in [-0.2, 0) is 4.79 Å². The molecular formula is C10H13ClN4O. The lowest BCUT2D eigenvalue weighted by molar-refractivity contribution is -0.120. The quantitative estimate of drug-likeness (QED) is 0.759. The highest BCUT2D eigenvalue weighted by Gasteiger charge is 2.21. The van der Waals surface area contributed by atoms with E-state index in [-0.39, 0.29) is 17.8 Å². The maximum absolute atomic E-state index is 11.8. The number of amides is 1. The molecule has 0 aromatic carbocycles. The first-order chi connectivity index (χ1) is 7.75. The van der Waals surface area contributed by atoms with Crippen LogP contribution in [0.15, 0.2) is 12.3 Å². The normalized spacial score (nSPS) is 20.4. The Hall–Kier alpha value is -1.20.